The molecule has 0 radical (unpaired) electrons. The van der Waals surface area contributed by atoms with Crippen molar-refractivity contribution in [3.63, 3.8) is 0 Å². The number of thiophene rings is 1. The van der Waals surface area contributed by atoms with Crippen LogP contribution in [0.1, 0.15) is 36.1 Å². The normalized spacial score (nSPS) is 19.7. The van der Waals surface area contributed by atoms with Gasteiger partial charge in [0.25, 0.3) is 0 Å². The van der Waals surface area contributed by atoms with E-state index in [1.807, 2.05) is 11.3 Å². The molecule has 0 atom stereocenters. The lowest BCUT2D eigenvalue weighted by Crippen LogP contribution is -2.00. The van der Waals surface area contributed by atoms with E-state index in [4.69, 9.17) is 4.74 Å². The van der Waals surface area contributed by atoms with Crippen LogP contribution in [-0.2, 0) is 17.6 Å². The maximum Gasteiger partial charge on any atom is 0.0506 e. The highest BCUT2D eigenvalue weighted by Crippen LogP contribution is 2.21. The van der Waals surface area contributed by atoms with Crippen LogP contribution in [0.2, 0.25) is 0 Å². The van der Waals surface area contributed by atoms with Crippen molar-refractivity contribution in [2.24, 2.45) is 0 Å². The topological polar surface area (TPSA) is 9.23 Å². The molecule has 78 valence electrons. The first-order chi connectivity index (χ1) is 6.97. The molecule has 0 aromatic carbocycles. The average Bonchev–Trinajstić information content (AvgIpc) is 2.61. The summed E-state index contributed by atoms with van der Waals surface area (Å²) in [4.78, 5) is 1.59. The monoisotopic (exact) mass is 210 g/mol. The molecule has 2 heteroatoms. The minimum Gasteiger partial charge on any atom is -0.381 e. The molecule has 1 nitrogen and oxygen atoms in total. The Bertz CT molecular complexity index is 243. The van der Waals surface area contributed by atoms with Gasteiger partial charge in [0.15, 0.2) is 0 Å². The first-order valence-corrected chi connectivity index (χ1v) is 6.48. The Morgan fingerprint density at radius 2 is 1.93 bits per heavy atom. The van der Waals surface area contributed by atoms with E-state index in [1.165, 1.54) is 37.7 Å². The van der Waals surface area contributed by atoms with Crippen LogP contribution in [0.4, 0.5) is 0 Å². The molecule has 1 aliphatic rings. The second-order valence-electron chi connectivity index (χ2n) is 3.90. The van der Waals surface area contributed by atoms with E-state index >= 15 is 0 Å². The molecule has 0 aliphatic carbocycles. The summed E-state index contributed by atoms with van der Waals surface area (Å²) >= 11 is 1.92. The Morgan fingerprint density at radius 3 is 2.93 bits per heavy atom. The Kier molecular flexibility index (Phi) is 4.02. The summed E-state index contributed by atoms with van der Waals surface area (Å²) in [5, 5.41) is 2.22. The van der Waals surface area contributed by atoms with Crippen LogP contribution >= 0.6 is 11.3 Å². The fourth-order valence-electron chi connectivity index (χ4n) is 1.94. The van der Waals surface area contributed by atoms with Crippen molar-refractivity contribution in [1.29, 1.82) is 0 Å². The van der Waals surface area contributed by atoms with Crippen molar-refractivity contribution in [2.75, 3.05) is 13.2 Å². The number of hydrogen-bond donors (Lipinski definition) is 0. The number of fused-ring (bicyclic) bond motifs is 1. The van der Waals surface area contributed by atoms with Gasteiger partial charge in [-0.05, 0) is 42.7 Å². The molecule has 0 amide bonds. The third kappa shape index (κ3) is 2.82. The molecule has 0 unspecified atom stereocenters. The zero-order chi connectivity index (χ0) is 9.64. The van der Waals surface area contributed by atoms with Crippen LogP contribution < -0.4 is 0 Å². The van der Waals surface area contributed by atoms with Gasteiger partial charge in [0.05, 0.1) is 6.61 Å². The first-order valence-electron chi connectivity index (χ1n) is 5.60. The van der Waals surface area contributed by atoms with Crippen LogP contribution in [-0.4, -0.2) is 13.2 Å². The van der Waals surface area contributed by atoms with E-state index in [0.29, 0.717) is 0 Å². The second kappa shape index (κ2) is 5.52. The largest absolute Gasteiger partial charge is 0.381 e. The van der Waals surface area contributed by atoms with Gasteiger partial charge in [0, 0.05) is 11.5 Å². The van der Waals surface area contributed by atoms with Gasteiger partial charge < -0.3 is 4.74 Å². The minimum absolute atomic E-state index is 0.906. The van der Waals surface area contributed by atoms with Crippen molar-refractivity contribution < 1.29 is 4.74 Å². The highest BCUT2D eigenvalue weighted by molar-refractivity contribution is 7.10. The molecular weight excluding hydrogens is 192 g/mol. The lowest BCUT2D eigenvalue weighted by molar-refractivity contribution is 0.133. The molecule has 14 heavy (non-hydrogen) atoms. The fourth-order valence-corrected chi connectivity index (χ4v) is 2.92. The number of aryl methyl sites for hydroxylation is 1. The van der Waals surface area contributed by atoms with Crippen molar-refractivity contribution in [2.45, 2.75) is 38.5 Å². The quantitative estimate of drug-likeness (QED) is 0.637. The maximum absolute atomic E-state index is 5.60. The Balaban J connectivity index is 1.97. The number of ether oxygens (including phenoxy) is 1. The van der Waals surface area contributed by atoms with Crippen molar-refractivity contribution in [1.82, 2.24) is 0 Å². The highest BCUT2D eigenvalue weighted by atomic mass is 32.1. The maximum atomic E-state index is 5.60. The van der Waals surface area contributed by atoms with Gasteiger partial charge in [-0.3, -0.25) is 0 Å². The van der Waals surface area contributed by atoms with Gasteiger partial charge in [0.1, 0.15) is 0 Å². The number of rotatable bonds is 0. The predicted octanol–water partition coefficient (Wildman–Crippen LogP) is 3.42. The molecule has 1 aromatic heterocycles. The molecule has 0 spiro atoms. The zero-order valence-electron chi connectivity index (χ0n) is 8.63. The van der Waals surface area contributed by atoms with Crippen LogP contribution in [0.5, 0.6) is 0 Å². The summed E-state index contributed by atoms with van der Waals surface area (Å²) < 4.78 is 5.60. The predicted molar refractivity (Wildman–Crippen MR) is 61.0 cm³/mol. The van der Waals surface area contributed by atoms with E-state index in [-0.39, 0.29) is 0 Å². The molecule has 2 heterocycles. The SMILES string of the molecule is c1cc2c(s1)CCCCCCOCC2. The Morgan fingerprint density at radius 1 is 1.00 bits per heavy atom. The van der Waals surface area contributed by atoms with Crippen molar-refractivity contribution in [3.8, 4) is 0 Å². The summed E-state index contributed by atoms with van der Waals surface area (Å²) in [6.07, 6.45) is 7.69. The minimum atomic E-state index is 0.906. The summed E-state index contributed by atoms with van der Waals surface area (Å²) in [6, 6.07) is 2.27. The Labute approximate surface area is 90.1 Å². The second-order valence-corrected chi connectivity index (χ2v) is 4.90. The molecular formula is C12H18OS. The van der Waals surface area contributed by atoms with Crippen LogP contribution in [0.3, 0.4) is 0 Å². The summed E-state index contributed by atoms with van der Waals surface area (Å²) in [7, 11) is 0. The van der Waals surface area contributed by atoms with Gasteiger partial charge in [0.2, 0.25) is 0 Å². The third-order valence-electron chi connectivity index (χ3n) is 2.80. The van der Waals surface area contributed by atoms with E-state index in [0.717, 1.165) is 19.6 Å². The van der Waals surface area contributed by atoms with E-state index < -0.39 is 0 Å². The van der Waals surface area contributed by atoms with Crippen LogP contribution in [0.25, 0.3) is 0 Å². The molecule has 0 fully saturated rings. The summed E-state index contributed by atoms with van der Waals surface area (Å²) in [5.41, 5.74) is 1.52. The molecule has 2 rings (SSSR count). The van der Waals surface area contributed by atoms with Gasteiger partial charge in [-0.1, -0.05) is 12.8 Å². The van der Waals surface area contributed by atoms with Crippen molar-refractivity contribution >= 4 is 11.3 Å². The van der Waals surface area contributed by atoms with Gasteiger partial charge in [-0.2, -0.15) is 0 Å². The van der Waals surface area contributed by atoms with E-state index in [2.05, 4.69) is 11.4 Å². The molecule has 0 saturated heterocycles. The summed E-state index contributed by atoms with van der Waals surface area (Å²) in [6.45, 7) is 1.86. The summed E-state index contributed by atoms with van der Waals surface area (Å²) in [5.74, 6) is 0. The van der Waals surface area contributed by atoms with E-state index in [1.54, 1.807) is 4.88 Å². The lowest BCUT2D eigenvalue weighted by atomic mass is 10.1. The zero-order valence-corrected chi connectivity index (χ0v) is 9.44. The van der Waals surface area contributed by atoms with Crippen LogP contribution in [0, 0.1) is 0 Å². The standard InChI is InChI=1S/C12H18OS/c1-2-4-8-13-9-6-11-7-10-14-12(11)5-3-1/h7,10H,1-6,8-9H2. The molecule has 0 saturated carbocycles. The smallest absolute Gasteiger partial charge is 0.0506 e. The van der Waals surface area contributed by atoms with E-state index in [9.17, 15) is 0 Å². The fraction of sp³-hybridized carbons (Fsp3) is 0.667. The highest BCUT2D eigenvalue weighted by Gasteiger charge is 2.05. The first kappa shape index (κ1) is 10.2. The lowest BCUT2D eigenvalue weighted by Gasteiger charge is -2.02. The molecule has 0 bridgehead atoms. The number of hydrogen-bond acceptors (Lipinski definition) is 2. The molecule has 1 aromatic rings. The molecule has 0 N–H and O–H groups in total. The van der Waals surface area contributed by atoms with Crippen molar-refractivity contribution in [3.05, 3.63) is 21.9 Å². The molecule has 1 aliphatic heterocycles. The van der Waals surface area contributed by atoms with Gasteiger partial charge in [-0.15, -0.1) is 11.3 Å². The third-order valence-corrected chi connectivity index (χ3v) is 3.82. The average molecular weight is 210 g/mol. The van der Waals surface area contributed by atoms with Crippen LogP contribution in [0.15, 0.2) is 11.4 Å². The van der Waals surface area contributed by atoms with Gasteiger partial charge >= 0.3 is 0 Å². The van der Waals surface area contributed by atoms with Gasteiger partial charge in [-0.25, -0.2) is 0 Å². The Hall–Kier alpha value is -0.340.